The van der Waals surface area contributed by atoms with E-state index in [2.05, 4.69) is 25.5 Å². The molecular weight excluding hydrogens is 166 g/mol. The van der Waals surface area contributed by atoms with Gasteiger partial charge in [-0.3, -0.25) is 5.41 Å². The Balaban J connectivity index is 3.66. The molecule has 0 fully saturated rings. The van der Waals surface area contributed by atoms with Crippen LogP contribution in [-0.2, 0) is 9.53 Å². The highest BCUT2D eigenvalue weighted by atomic mass is 16.5. The quantitative estimate of drug-likeness (QED) is 0.540. The van der Waals surface area contributed by atoms with Gasteiger partial charge in [0, 0.05) is 0 Å². The van der Waals surface area contributed by atoms with E-state index >= 15 is 0 Å². The SMILES string of the molecule is COC(=O)C(=N)CCCC(C)(C)C. The number of nitrogens with one attached hydrogen (secondary N) is 1. The first-order chi connectivity index (χ1) is 5.87. The van der Waals surface area contributed by atoms with Gasteiger partial charge in [-0.25, -0.2) is 4.79 Å². The van der Waals surface area contributed by atoms with Gasteiger partial charge in [-0.15, -0.1) is 0 Å². The lowest BCUT2D eigenvalue weighted by atomic mass is 9.89. The van der Waals surface area contributed by atoms with E-state index in [-0.39, 0.29) is 11.1 Å². The smallest absolute Gasteiger partial charge is 0.351 e. The predicted molar refractivity (Wildman–Crippen MR) is 53.0 cm³/mol. The van der Waals surface area contributed by atoms with Crippen molar-refractivity contribution in [1.82, 2.24) is 0 Å². The second-order valence-electron chi connectivity index (χ2n) is 4.38. The van der Waals surface area contributed by atoms with Crippen molar-refractivity contribution in [1.29, 1.82) is 5.41 Å². The third-order valence-corrected chi connectivity index (χ3v) is 1.79. The van der Waals surface area contributed by atoms with E-state index in [1.807, 2.05) is 0 Å². The molecule has 0 amide bonds. The molecule has 0 aliphatic rings. The summed E-state index contributed by atoms with van der Waals surface area (Å²) < 4.78 is 4.43. The average Bonchev–Trinajstić information content (AvgIpc) is 2.00. The summed E-state index contributed by atoms with van der Waals surface area (Å²) in [4.78, 5) is 10.8. The molecular formula is C10H19NO2. The van der Waals surface area contributed by atoms with E-state index in [1.165, 1.54) is 7.11 Å². The molecule has 0 saturated heterocycles. The minimum Gasteiger partial charge on any atom is -0.465 e. The van der Waals surface area contributed by atoms with Crippen LogP contribution in [0.1, 0.15) is 40.0 Å². The molecule has 0 heterocycles. The fourth-order valence-electron chi connectivity index (χ4n) is 1.02. The number of carbonyl (C=O) groups excluding carboxylic acids is 1. The molecule has 0 aliphatic carbocycles. The molecule has 0 aliphatic heterocycles. The standard InChI is InChI=1S/C10H19NO2/c1-10(2,3)7-5-6-8(11)9(12)13-4/h11H,5-7H2,1-4H3. The minimum atomic E-state index is -0.506. The molecule has 3 heteroatoms. The summed E-state index contributed by atoms with van der Waals surface area (Å²) in [6.45, 7) is 6.44. The highest BCUT2D eigenvalue weighted by Gasteiger charge is 2.13. The zero-order valence-corrected chi connectivity index (χ0v) is 8.94. The zero-order chi connectivity index (χ0) is 10.5. The molecule has 3 nitrogen and oxygen atoms in total. The van der Waals surface area contributed by atoms with E-state index in [4.69, 9.17) is 5.41 Å². The van der Waals surface area contributed by atoms with Gasteiger partial charge in [-0.05, 0) is 24.7 Å². The van der Waals surface area contributed by atoms with Gasteiger partial charge in [-0.2, -0.15) is 0 Å². The lowest BCUT2D eigenvalue weighted by Gasteiger charge is -2.17. The normalized spacial score (nSPS) is 11.1. The van der Waals surface area contributed by atoms with Gasteiger partial charge >= 0.3 is 5.97 Å². The Hall–Kier alpha value is -0.860. The number of hydrogen-bond acceptors (Lipinski definition) is 3. The molecule has 0 radical (unpaired) electrons. The van der Waals surface area contributed by atoms with Gasteiger partial charge < -0.3 is 4.74 Å². The van der Waals surface area contributed by atoms with Crippen molar-refractivity contribution >= 4 is 11.7 Å². The topological polar surface area (TPSA) is 50.2 Å². The maximum Gasteiger partial charge on any atom is 0.351 e. The Labute approximate surface area is 80.0 Å². The number of esters is 1. The summed E-state index contributed by atoms with van der Waals surface area (Å²) in [5.41, 5.74) is 0.350. The minimum absolute atomic E-state index is 0.0757. The second kappa shape index (κ2) is 5.00. The van der Waals surface area contributed by atoms with Gasteiger partial charge in [-0.1, -0.05) is 20.8 Å². The molecule has 76 valence electrons. The van der Waals surface area contributed by atoms with E-state index in [9.17, 15) is 4.79 Å². The lowest BCUT2D eigenvalue weighted by molar-refractivity contribution is -0.132. The van der Waals surface area contributed by atoms with Crippen LogP contribution in [0.4, 0.5) is 0 Å². The van der Waals surface area contributed by atoms with Crippen molar-refractivity contribution < 1.29 is 9.53 Å². The van der Waals surface area contributed by atoms with Crippen molar-refractivity contribution in [2.24, 2.45) is 5.41 Å². The Morgan fingerprint density at radius 2 is 1.92 bits per heavy atom. The average molecular weight is 185 g/mol. The molecule has 0 saturated carbocycles. The summed E-state index contributed by atoms with van der Waals surface area (Å²) in [6.07, 6.45) is 2.41. The van der Waals surface area contributed by atoms with Crippen LogP contribution in [0.3, 0.4) is 0 Å². The summed E-state index contributed by atoms with van der Waals surface area (Å²) >= 11 is 0. The fourth-order valence-corrected chi connectivity index (χ4v) is 1.02. The fraction of sp³-hybridized carbons (Fsp3) is 0.800. The molecule has 1 N–H and O–H groups in total. The zero-order valence-electron chi connectivity index (χ0n) is 8.94. The third kappa shape index (κ3) is 6.31. The van der Waals surface area contributed by atoms with Crippen LogP contribution in [0, 0.1) is 10.8 Å². The first kappa shape index (κ1) is 12.1. The number of carbonyl (C=O) groups is 1. The Bertz CT molecular complexity index is 192. The molecule has 0 aromatic rings. The van der Waals surface area contributed by atoms with E-state index in [0.29, 0.717) is 6.42 Å². The van der Waals surface area contributed by atoms with Crippen molar-refractivity contribution in [3.05, 3.63) is 0 Å². The summed E-state index contributed by atoms with van der Waals surface area (Å²) in [6, 6.07) is 0. The number of hydrogen-bond donors (Lipinski definition) is 1. The Kier molecular flexibility index (Phi) is 4.67. The van der Waals surface area contributed by atoms with Gasteiger partial charge in [0.15, 0.2) is 0 Å². The molecule has 0 rings (SSSR count). The lowest BCUT2D eigenvalue weighted by Crippen LogP contribution is -2.15. The second-order valence-corrected chi connectivity index (χ2v) is 4.38. The Morgan fingerprint density at radius 3 is 2.31 bits per heavy atom. The molecule has 0 unspecified atom stereocenters. The molecule has 0 atom stereocenters. The van der Waals surface area contributed by atoms with Crippen molar-refractivity contribution in [2.45, 2.75) is 40.0 Å². The van der Waals surface area contributed by atoms with Crippen molar-refractivity contribution in [3.8, 4) is 0 Å². The summed E-state index contributed by atoms with van der Waals surface area (Å²) in [5.74, 6) is -0.506. The van der Waals surface area contributed by atoms with Gasteiger partial charge in [0.2, 0.25) is 0 Å². The van der Waals surface area contributed by atoms with Crippen LogP contribution >= 0.6 is 0 Å². The van der Waals surface area contributed by atoms with Gasteiger partial charge in [0.25, 0.3) is 0 Å². The van der Waals surface area contributed by atoms with Crippen LogP contribution in [-0.4, -0.2) is 18.8 Å². The van der Waals surface area contributed by atoms with E-state index in [1.54, 1.807) is 0 Å². The largest absolute Gasteiger partial charge is 0.465 e. The van der Waals surface area contributed by atoms with Crippen molar-refractivity contribution in [2.75, 3.05) is 7.11 Å². The monoisotopic (exact) mass is 185 g/mol. The van der Waals surface area contributed by atoms with Crippen LogP contribution in [0.25, 0.3) is 0 Å². The van der Waals surface area contributed by atoms with E-state index in [0.717, 1.165) is 12.8 Å². The van der Waals surface area contributed by atoms with Crippen LogP contribution in [0.2, 0.25) is 0 Å². The number of methoxy groups -OCH3 is 1. The van der Waals surface area contributed by atoms with Crippen molar-refractivity contribution in [3.63, 3.8) is 0 Å². The van der Waals surface area contributed by atoms with Crippen LogP contribution in [0.15, 0.2) is 0 Å². The molecule has 13 heavy (non-hydrogen) atoms. The molecule has 0 bridgehead atoms. The maximum atomic E-state index is 10.8. The molecule has 0 aromatic carbocycles. The predicted octanol–water partition coefficient (Wildman–Crippen LogP) is 2.40. The maximum absolute atomic E-state index is 10.8. The van der Waals surface area contributed by atoms with Gasteiger partial charge in [0.05, 0.1) is 7.11 Å². The summed E-state index contributed by atoms with van der Waals surface area (Å²) in [5, 5.41) is 7.33. The van der Waals surface area contributed by atoms with Gasteiger partial charge in [0.1, 0.15) is 5.71 Å². The molecule has 0 spiro atoms. The van der Waals surface area contributed by atoms with Crippen LogP contribution < -0.4 is 0 Å². The van der Waals surface area contributed by atoms with E-state index < -0.39 is 5.97 Å². The first-order valence-corrected chi connectivity index (χ1v) is 4.52. The first-order valence-electron chi connectivity index (χ1n) is 4.52. The number of ether oxygens (including phenoxy) is 1. The molecule has 0 aromatic heterocycles. The van der Waals surface area contributed by atoms with Crippen LogP contribution in [0.5, 0.6) is 0 Å². The third-order valence-electron chi connectivity index (χ3n) is 1.79. The number of rotatable bonds is 4. The highest BCUT2D eigenvalue weighted by molar-refractivity contribution is 6.34. The highest BCUT2D eigenvalue weighted by Crippen LogP contribution is 2.21. The Morgan fingerprint density at radius 1 is 1.38 bits per heavy atom. The summed E-state index contributed by atoms with van der Waals surface area (Å²) in [7, 11) is 1.31.